The van der Waals surface area contributed by atoms with E-state index < -0.39 is 21.9 Å². The summed E-state index contributed by atoms with van der Waals surface area (Å²) in [5.74, 6) is -0.606. The second kappa shape index (κ2) is 6.24. The van der Waals surface area contributed by atoms with E-state index in [0.717, 1.165) is 0 Å². The van der Waals surface area contributed by atoms with Gasteiger partial charge in [0.15, 0.2) is 0 Å². The number of nitrogens with one attached hydrogen (secondary N) is 1. The molecule has 1 atom stereocenters. The second-order valence-electron chi connectivity index (χ2n) is 4.85. The molecule has 0 saturated heterocycles. The van der Waals surface area contributed by atoms with E-state index in [9.17, 15) is 12.8 Å². The number of nitrogens with two attached hydrogens (primary N) is 1. The Morgan fingerprint density at radius 2 is 1.90 bits per heavy atom. The normalized spacial score (nSPS) is 13.0. The van der Waals surface area contributed by atoms with Gasteiger partial charge in [0.1, 0.15) is 5.82 Å². The van der Waals surface area contributed by atoms with Gasteiger partial charge in [-0.2, -0.15) is 0 Å². The van der Waals surface area contributed by atoms with Crippen LogP contribution in [0, 0.1) is 5.82 Å². The van der Waals surface area contributed by atoms with Gasteiger partial charge in [-0.15, -0.1) is 0 Å². The van der Waals surface area contributed by atoms with E-state index in [1.807, 2.05) is 0 Å². The maximum Gasteiger partial charge on any atom is 0.216 e. The van der Waals surface area contributed by atoms with Crippen LogP contribution in [0.1, 0.15) is 24.1 Å². The van der Waals surface area contributed by atoms with E-state index in [1.54, 1.807) is 43.3 Å². The molecule has 0 bridgehead atoms. The monoisotopic (exact) mass is 308 g/mol. The molecule has 0 fully saturated rings. The first kappa shape index (κ1) is 15.5. The van der Waals surface area contributed by atoms with E-state index in [-0.39, 0.29) is 5.75 Å². The average molecular weight is 308 g/mol. The van der Waals surface area contributed by atoms with Crippen LogP contribution in [0.3, 0.4) is 0 Å². The number of para-hydroxylation sites is 1. The van der Waals surface area contributed by atoms with Crippen molar-refractivity contribution in [2.24, 2.45) is 0 Å². The van der Waals surface area contributed by atoms with Crippen molar-refractivity contribution in [1.29, 1.82) is 0 Å². The van der Waals surface area contributed by atoms with Crippen LogP contribution < -0.4 is 10.5 Å². The van der Waals surface area contributed by atoms with Crippen molar-refractivity contribution in [3.8, 4) is 0 Å². The molecule has 112 valence electrons. The van der Waals surface area contributed by atoms with Crippen molar-refractivity contribution < 1.29 is 12.8 Å². The quantitative estimate of drug-likeness (QED) is 0.834. The van der Waals surface area contributed by atoms with Crippen LogP contribution >= 0.6 is 0 Å². The molecular formula is C15H17FN2O2S. The number of hydrogen-bond donors (Lipinski definition) is 2. The Kier molecular flexibility index (Phi) is 4.59. The summed E-state index contributed by atoms with van der Waals surface area (Å²) in [6.07, 6.45) is 0. The van der Waals surface area contributed by atoms with Crippen molar-refractivity contribution in [1.82, 2.24) is 4.72 Å². The van der Waals surface area contributed by atoms with Crippen LogP contribution in [0.25, 0.3) is 0 Å². The maximum atomic E-state index is 13.2. The van der Waals surface area contributed by atoms with E-state index in [4.69, 9.17) is 5.73 Å². The van der Waals surface area contributed by atoms with Gasteiger partial charge in [-0.3, -0.25) is 0 Å². The van der Waals surface area contributed by atoms with Crippen molar-refractivity contribution in [3.05, 3.63) is 65.5 Å². The van der Waals surface area contributed by atoms with Gasteiger partial charge in [-0.1, -0.05) is 30.3 Å². The van der Waals surface area contributed by atoms with Crippen molar-refractivity contribution in [2.45, 2.75) is 18.7 Å². The summed E-state index contributed by atoms with van der Waals surface area (Å²) in [6.45, 7) is 1.67. The molecule has 21 heavy (non-hydrogen) atoms. The molecule has 4 nitrogen and oxygen atoms in total. The van der Waals surface area contributed by atoms with Gasteiger partial charge in [0.05, 0.1) is 5.75 Å². The number of hydrogen-bond acceptors (Lipinski definition) is 3. The SMILES string of the molecule is CC(NS(=O)(=O)Cc1ccccc1N)c1cccc(F)c1. The zero-order valence-corrected chi connectivity index (χ0v) is 12.4. The maximum absolute atomic E-state index is 13.2. The average Bonchev–Trinajstić information content (AvgIpc) is 2.40. The summed E-state index contributed by atoms with van der Waals surface area (Å²) in [7, 11) is -3.57. The molecular weight excluding hydrogens is 291 g/mol. The summed E-state index contributed by atoms with van der Waals surface area (Å²) in [5.41, 5.74) is 7.29. The van der Waals surface area contributed by atoms with Crippen LogP contribution in [0.2, 0.25) is 0 Å². The highest BCUT2D eigenvalue weighted by Gasteiger charge is 2.17. The van der Waals surface area contributed by atoms with Gasteiger partial charge in [-0.05, 0) is 36.2 Å². The van der Waals surface area contributed by atoms with E-state index >= 15 is 0 Å². The fraction of sp³-hybridized carbons (Fsp3) is 0.200. The molecule has 3 N–H and O–H groups in total. The Bertz CT molecular complexity index is 732. The van der Waals surface area contributed by atoms with Crippen LogP contribution in [-0.2, 0) is 15.8 Å². The highest BCUT2D eigenvalue weighted by atomic mass is 32.2. The fourth-order valence-electron chi connectivity index (χ4n) is 2.03. The highest BCUT2D eigenvalue weighted by Crippen LogP contribution is 2.18. The van der Waals surface area contributed by atoms with Gasteiger partial charge in [0, 0.05) is 11.7 Å². The van der Waals surface area contributed by atoms with E-state index in [1.165, 1.54) is 12.1 Å². The van der Waals surface area contributed by atoms with E-state index in [2.05, 4.69) is 4.72 Å². The molecule has 0 saturated carbocycles. The van der Waals surface area contributed by atoms with Gasteiger partial charge < -0.3 is 5.73 Å². The Labute approximate surface area is 123 Å². The van der Waals surface area contributed by atoms with Crippen molar-refractivity contribution >= 4 is 15.7 Å². The Hall–Kier alpha value is -1.92. The molecule has 0 aliphatic rings. The minimum atomic E-state index is -3.57. The van der Waals surface area contributed by atoms with Gasteiger partial charge in [0.2, 0.25) is 10.0 Å². The van der Waals surface area contributed by atoms with E-state index in [0.29, 0.717) is 16.8 Å². The first-order valence-electron chi connectivity index (χ1n) is 6.46. The number of halogens is 1. The van der Waals surface area contributed by atoms with Crippen LogP contribution in [0.15, 0.2) is 48.5 Å². The molecule has 2 aromatic carbocycles. The topological polar surface area (TPSA) is 72.2 Å². The molecule has 2 aromatic rings. The number of benzene rings is 2. The second-order valence-corrected chi connectivity index (χ2v) is 6.61. The predicted molar refractivity (Wildman–Crippen MR) is 81.4 cm³/mol. The molecule has 2 rings (SSSR count). The fourth-order valence-corrected chi connectivity index (χ4v) is 3.46. The summed E-state index contributed by atoms with van der Waals surface area (Å²) < 4.78 is 40.0. The van der Waals surface area contributed by atoms with Crippen LogP contribution in [0.4, 0.5) is 10.1 Å². The number of nitrogen functional groups attached to an aromatic ring is 1. The lowest BCUT2D eigenvalue weighted by molar-refractivity contribution is 0.564. The summed E-state index contributed by atoms with van der Waals surface area (Å²) in [6, 6.07) is 12.1. The molecule has 0 aromatic heterocycles. The molecule has 0 amide bonds. The Balaban J connectivity index is 2.12. The zero-order valence-electron chi connectivity index (χ0n) is 11.6. The van der Waals surface area contributed by atoms with Gasteiger partial charge in [-0.25, -0.2) is 17.5 Å². The standard InChI is InChI=1S/C15H17FN2O2S/c1-11(12-6-4-7-14(16)9-12)18-21(19,20)10-13-5-2-3-8-15(13)17/h2-9,11,18H,10,17H2,1H3. The van der Waals surface area contributed by atoms with Crippen LogP contribution in [-0.4, -0.2) is 8.42 Å². The molecule has 0 aliphatic carbocycles. The first-order valence-corrected chi connectivity index (χ1v) is 8.11. The smallest absolute Gasteiger partial charge is 0.216 e. The van der Waals surface area contributed by atoms with Crippen LogP contribution in [0.5, 0.6) is 0 Å². The number of sulfonamides is 1. The molecule has 1 unspecified atom stereocenters. The van der Waals surface area contributed by atoms with Gasteiger partial charge in [0.25, 0.3) is 0 Å². The lowest BCUT2D eigenvalue weighted by Crippen LogP contribution is -2.28. The summed E-state index contributed by atoms with van der Waals surface area (Å²) in [5, 5.41) is 0. The molecule has 0 aliphatic heterocycles. The molecule has 0 spiro atoms. The third kappa shape index (κ3) is 4.27. The highest BCUT2D eigenvalue weighted by molar-refractivity contribution is 7.88. The third-order valence-electron chi connectivity index (χ3n) is 3.11. The Morgan fingerprint density at radius 3 is 2.57 bits per heavy atom. The number of rotatable bonds is 5. The van der Waals surface area contributed by atoms with Gasteiger partial charge >= 0.3 is 0 Å². The zero-order chi connectivity index (χ0) is 15.5. The summed E-state index contributed by atoms with van der Waals surface area (Å²) in [4.78, 5) is 0. The molecule has 6 heteroatoms. The molecule has 0 radical (unpaired) electrons. The third-order valence-corrected chi connectivity index (χ3v) is 4.51. The predicted octanol–water partition coefficient (Wildman–Crippen LogP) is 2.59. The summed E-state index contributed by atoms with van der Waals surface area (Å²) >= 11 is 0. The minimum absolute atomic E-state index is 0.209. The lowest BCUT2D eigenvalue weighted by Gasteiger charge is -2.15. The Morgan fingerprint density at radius 1 is 1.19 bits per heavy atom. The van der Waals surface area contributed by atoms with Crippen molar-refractivity contribution in [3.63, 3.8) is 0 Å². The largest absolute Gasteiger partial charge is 0.398 e. The number of anilines is 1. The first-order chi connectivity index (χ1) is 9.87. The minimum Gasteiger partial charge on any atom is -0.398 e. The lowest BCUT2D eigenvalue weighted by atomic mass is 10.1. The molecule has 0 heterocycles. The van der Waals surface area contributed by atoms with Crippen molar-refractivity contribution in [2.75, 3.05) is 5.73 Å².